The van der Waals surface area contributed by atoms with Crippen LogP contribution in [0.1, 0.15) is 43.8 Å². The molecule has 0 bridgehead atoms. The van der Waals surface area contributed by atoms with Crippen molar-refractivity contribution in [1.82, 2.24) is 0 Å². The summed E-state index contributed by atoms with van der Waals surface area (Å²) in [5.74, 6) is -0.496. The van der Waals surface area contributed by atoms with Crippen LogP contribution in [0, 0.1) is 0 Å². The molecule has 3 nitrogen and oxygen atoms in total. The van der Waals surface area contributed by atoms with E-state index in [1.54, 1.807) is 18.2 Å². The Labute approximate surface area is 123 Å². The van der Waals surface area contributed by atoms with Gasteiger partial charge in [-0.05, 0) is 30.5 Å². The van der Waals surface area contributed by atoms with E-state index in [4.69, 9.17) is 33.7 Å². The molecule has 0 saturated heterocycles. The predicted octanol–water partition coefficient (Wildman–Crippen LogP) is 3.87. The van der Waals surface area contributed by atoms with Crippen molar-refractivity contribution in [2.75, 3.05) is 0 Å². The number of hydrogen-bond acceptors (Lipinski definition) is 2. The average Bonchev–Trinajstić information content (AvgIpc) is 2.40. The summed E-state index contributed by atoms with van der Waals surface area (Å²) in [5.41, 5.74) is 6.09. The van der Waals surface area contributed by atoms with Gasteiger partial charge in [0, 0.05) is 0 Å². The number of ether oxygens (including phenoxy) is 1. The molecule has 0 radical (unpaired) electrons. The molecule has 1 aromatic rings. The van der Waals surface area contributed by atoms with E-state index in [-0.39, 0.29) is 6.10 Å². The zero-order valence-electron chi connectivity index (χ0n) is 10.6. The minimum absolute atomic E-state index is 0.0979. The van der Waals surface area contributed by atoms with Crippen LogP contribution in [-0.4, -0.2) is 12.0 Å². The van der Waals surface area contributed by atoms with E-state index in [1.807, 2.05) is 0 Å². The van der Waals surface area contributed by atoms with E-state index in [9.17, 15) is 4.79 Å². The highest BCUT2D eigenvalue weighted by Gasteiger charge is 2.25. The van der Waals surface area contributed by atoms with Crippen molar-refractivity contribution in [3.8, 4) is 0 Å². The summed E-state index contributed by atoms with van der Waals surface area (Å²) in [6.45, 7) is 0. The molecular weight excluding hydrogens is 285 g/mol. The monoisotopic (exact) mass is 301 g/mol. The standard InChI is InChI=1S/C14H17Cl2NO2/c15-11-7-6-9(8-12(11)16)13(14(17)18)19-10-4-2-1-3-5-10/h6-8,10,13H,1-5H2,(H2,17,18). The second kappa shape index (κ2) is 6.60. The third-order valence-electron chi connectivity index (χ3n) is 3.39. The van der Waals surface area contributed by atoms with E-state index < -0.39 is 12.0 Å². The molecule has 2 N–H and O–H groups in total. The first-order valence-corrected chi connectivity index (χ1v) is 7.23. The summed E-state index contributed by atoms with van der Waals surface area (Å²) in [5, 5.41) is 0.851. The van der Waals surface area contributed by atoms with Crippen LogP contribution in [0.2, 0.25) is 10.0 Å². The van der Waals surface area contributed by atoms with E-state index in [0.717, 1.165) is 25.7 Å². The fourth-order valence-corrected chi connectivity index (χ4v) is 2.69. The first-order chi connectivity index (χ1) is 9.08. The van der Waals surface area contributed by atoms with Crippen molar-refractivity contribution in [3.63, 3.8) is 0 Å². The summed E-state index contributed by atoms with van der Waals surface area (Å²) < 4.78 is 5.86. The average molecular weight is 302 g/mol. The van der Waals surface area contributed by atoms with Gasteiger partial charge in [0.25, 0.3) is 5.91 Å². The molecule has 1 amide bonds. The number of carbonyl (C=O) groups is 1. The van der Waals surface area contributed by atoms with E-state index in [1.165, 1.54) is 6.42 Å². The maximum Gasteiger partial charge on any atom is 0.251 e. The summed E-state index contributed by atoms with van der Waals surface area (Å²) in [7, 11) is 0. The zero-order valence-corrected chi connectivity index (χ0v) is 12.1. The Balaban J connectivity index is 2.14. The fraction of sp³-hybridized carbons (Fsp3) is 0.500. The van der Waals surface area contributed by atoms with Crippen molar-refractivity contribution >= 4 is 29.1 Å². The Bertz CT molecular complexity index is 459. The topological polar surface area (TPSA) is 52.3 Å². The highest BCUT2D eigenvalue weighted by molar-refractivity contribution is 6.42. The number of primary amides is 1. The molecule has 0 heterocycles. The maximum absolute atomic E-state index is 11.6. The third kappa shape index (κ3) is 3.85. The van der Waals surface area contributed by atoms with Crippen LogP contribution < -0.4 is 5.73 Å². The predicted molar refractivity (Wildman–Crippen MR) is 76.4 cm³/mol. The van der Waals surface area contributed by atoms with Crippen LogP contribution in [0.15, 0.2) is 18.2 Å². The third-order valence-corrected chi connectivity index (χ3v) is 4.12. The molecule has 0 spiro atoms. The Morgan fingerprint density at radius 2 is 1.89 bits per heavy atom. The minimum atomic E-state index is -0.752. The number of hydrogen-bond donors (Lipinski definition) is 1. The molecule has 19 heavy (non-hydrogen) atoms. The van der Waals surface area contributed by atoms with Gasteiger partial charge in [0.2, 0.25) is 0 Å². The van der Waals surface area contributed by atoms with Gasteiger partial charge in [-0.3, -0.25) is 4.79 Å². The molecule has 5 heteroatoms. The van der Waals surface area contributed by atoms with Crippen LogP contribution >= 0.6 is 23.2 Å². The van der Waals surface area contributed by atoms with Gasteiger partial charge in [-0.1, -0.05) is 48.5 Å². The molecule has 2 rings (SSSR count). The second-order valence-electron chi connectivity index (χ2n) is 4.85. The van der Waals surface area contributed by atoms with Gasteiger partial charge in [0.1, 0.15) is 0 Å². The van der Waals surface area contributed by atoms with Gasteiger partial charge in [-0.2, -0.15) is 0 Å². The number of carbonyl (C=O) groups excluding carboxylic acids is 1. The van der Waals surface area contributed by atoms with Gasteiger partial charge in [0.05, 0.1) is 16.1 Å². The number of rotatable bonds is 4. The molecule has 1 fully saturated rings. The highest BCUT2D eigenvalue weighted by atomic mass is 35.5. The normalized spacial score (nSPS) is 18.2. The fourth-order valence-electron chi connectivity index (χ4n) is 2.38. The highest BCUT2D eigenvalue weighted by Crippen LogP contribution is 2.30. The molecule has 0 aliphatic heterocycles. The van der Waals surface area contributed by atoms with E-state index >= 15 is 0 Å². The van der Waals surface area contributed by atoms with Crippen molar-refractivity contribution in [1.29, 1.82) is 0 Å². The minimum Gasteiger partial charge on any atom is -0.367 e. The van der Waals surface area contributed by atoms with Crippen LogP contribution in [0.3, 0.4) is 0 Å². The lowest BCUT2D eigenvalue weighted by Crippen LogP contribution is -2.29. The second-order valence-corrected chi connectivity index (χ2v) is 5.67. The lowest BCUT2D eigenvalue weighted by molar-refractivity contribution is -0.135. The summed E-state index contributed by atoms with van der Waals surface area (Å²) in [6.07, 6.45) is 4.80. The smallest absolute Gasteiger partial charge is 0.251 e. The summed E-state index contributed by atoms with van der Waals surface area (Å²) >= 11 is 11.8. The quantitative estimate of drug-likeness (QED) is 0.918. The van der Waals surface area contributed by atoms with Crippen molar-refractivity contribution in [2.45, 2.75) is 44.3 Å². The van der Waals surface area contributed by atoms with Gasteiger partial charge >= 0.3 is 0 Å². The van der Waals surface area contributed by atoms with Crippen LogP contribution in [0.5, 0.6) is 0 Å². The van der Waals surface area contributed by atoms with Crippen molar-refractivity contribution < 1.29 is 9.53 Å². The Morgan fingerprint density at radius 3 is 2.47 bits per heavy atom. The van der Waals surface area contributed by atoms with Crippen LogP contribution in [0.25, 0.3) is 0 Å². The Morgan fingerprint density at radius 1 is 1.21 bits per heavy atom. The molecule has 1 saturated carbocycles. The maximum atomic E-state index is 11.6. The lowest BCUT2D eigenvalue weighted by atomic mass is 9.97. The first kappa shape index (κ1) is 14.6. The van der Waals surface area contributed by atoms with Crippen molar-refractivity contribution in [2.24, 2.45) is 5.73 Å². The summed E-state index contributed by atoms with van der Waals surface area (Å²) in [6, 6.07) is 5.02. The molecule has 0 aromatic heterocycles. The van der Waals surface area contributed by atoms with E-state index in [2.05, 4.69) is 0 Å². The molecular formula is C14H17Cl2NO2. The number of halogens is 2. The number of amides is 1. The SMILES string of the molecule is NC(=O)C(OC1CCCCC1)c1ccc(Cl)c(Cl)c1. The first-order valence-electron chi connectivity index (χ1n) is 6.47. The number of nitrogens with two attached hydrogens (primary N) is 1. The lowest BCUT2D eigenvalue weighted by Gasteiger charge is -2.26. The molecule has 1 atom stereocenters. The van der Waals surface area contributed by atoms with Gasteiger partial charge < -0.3 is 10.5 Å². The van der Waals surface area contributed by atoms with Crippen LogP contribution in [0.4, 0.5) is 0 Å². The zero-order chi connectivity index (χ0) is 13.8. The molecule has 1 aromatic carbocycles. The molecule has 1 aliphatic rings. The Kier molecular flexibility index (Phi) is 5.08. The van der Waals surface area contributed by atoms with Crippen LogP contribution in [-0.2, 0) is 9.53 Å². The largest absolute Gasteiger partial charge is 0.367 e. The number of benzene rings is 1. The van der Waals surface area contributed by atoms with Gasteiger partial charge in [-0.25, -0.2) is 0 Å². The molecule has 1 aliphatic carbocycles. The van der Waals surface area contributed by atoms with E-state index in [0.29, 0.717) is 15.6 Å². The molecule has 1 unspecified atom stereocenters. The molecule has 104 valence electrons. The summed E-state index contributed by atoms with van der Waals surface area (Å²) in [4.78, 5) is 11.6. The van der Waals surface area contributed by atoms with Gasteiger partial charge in [-0.15, -0.1) is 0 Å². The Hall–Kier alpha value is -0.770. The van der Waals surface area contributed by atoms with Gasteiger partial charge in [0.15, 0.2) is 6.10 Å². The van der Waals surface area contributed by atoms with Crippen molar-refractivity contribution in [3.05, 3.63) is 33.8 Å².